The number of allylic oxidation sites excluding steroid dienone is 1. The Kier molecular flexibility index (Phi) is 7.37. The Labute approximate surface area is 171 Å². The Morgan fingerprint density at radius 1 is 1.34 bits per heavy atom. The van der Waals surface area contributed by atoms with Crippen molar-refractivity contribution in [3.8, 4) is 0 Å². The van der Waals surface area contributed by atoms with Crippen molar-refractivity contribution in [1.82, 2.24) is 0 Å². The third kappa shape index (κ3) is 5.51. The molecule has 164 valence electrons. The van der Waals surface area contributed by atoms with Gasteiger partial charge in [0.25, 0.3) is 0 Å². The van der Waals surface area contributed by atoms with E-state index < -0.39 is 41.3 Å². The fourth-order valence-corrected chi connectivity index (χ4v) is 4.35. The second kappa shape index (κ2) is 9.04. The number of methoxy groups -OCH3 is 1. The molecule has 1 saturated heterocycles. The third-order valence-corrected chi connectivity index (χ3v) is 5.56. The van der Waals surface area contributed by atoms with Crippen LogP contribution >= 0.6 is 11.6 Å². The standard InChI is InChI=1S/C19H24ClF3O6/c1-18(2)9-11(20)13(15(24)14(18)16(25)27-3)12(29-17(26)19(21,22)23)7-6-10-5-4-8-28-10/h10,12,14H,4-9H2,1-3H3. The lowest BCUT2D eigenvalue weighted by Gasteiger charge is -2.38. The zero-order valence-electron chi connectivity index (χ0n) is 16.4. The number of carbonyl (C=O) groups is 3. The van der Waals surface area contributed by atoms with Crippen LogP contribution in [-0.2, 0) is 28.6 Å². The minimum absolute atomic E-state index is 0.0209. The Balaban J connectivity index is 2.36. The average molecular weight is 441 g/mol. The highest BCUT2D eigenvalue weighted by Crippen LogP contribution is 2.45. The zero-order chi connectivity index (χ0) is 22.0. The number of rotatable bonds is 6. The van der Waals surface area contributed by atoms with Crippen LogP contribution in [-0.4, -0.2) is 49.8 Å². The van der Waals surface area contributed by atoms with E-state index in [1.165, 1.54) is 0 Å². The van der Waals surface area contributed by atoms with Crippen LogP contribution in [0.5, 0.6) is 0 Å². The highest BCUT2D eigenvalue weighted by atomic mass is 35.5. The molecular formula is C19H24ClF3O6. The molecule has 1 aliphatic heterocycles. The third-order valence-electron chi connectivity index (χ3n) is 5.23. The molecule has 10 heteroatoms. The van der Waals surface area contributed by atoms with E-state index in [2.05, 4.69) is 4.74 Å². The SMILES string of the molecule is COC(=O)C1C(=O)C(C(CCC2CCCO2)OC(=O)C(F)(F)F)=C(Cl)CC1(C)C. The van der Waals surface area contributed by atoms with Gasteiger partial charge < -0.3 is 14.2 Å². The average Bonchev–Trinajstić information content (AvgIpc) is 3.10. The summed E-state index contributed by atoms with van der Waals surface area (Å²) >= 11 is 6.27. The minimum Gasteiger partial charge on any atom is -0.468 e. The predicted molar refractivity (Wildman–Crippen MR) is 95.9 cm³/mol. The molecule has 0 saturated carbocycles. The van der Waals surface area contributed by atoms with Crippen LogP contribution in [0.4, 0.5) is 13.2 Å². The molecule has 3 unspecified atom stereocenters. The summed E-state index contributed by atoms with van der Waals surface area (Å²) in [6.45, 7) is 3.81. The Bertz CT molecular complexity index is 695. The molecule has 0 aromatic carbocycles. The molecule has 1 fully saturated rings. The van der Waals surface area contributed by atoms with E-state index in [1.807, 2.05) is 0 Å². The summed E-state index contributed by atoms with van der Waals surface area (Å²) < 4.78 is 53.2. The fourth-order valence-electron chi connectivity index (χ4n) is 3.79. The van der Waals surface area contributed by atoms with Gasteiger partial charge in [0.2, 0.25) is 0 Å². The first-order valence-electron chi connectivity index (χ1n) is 9.28. The van der Waals surface area contributed by atoms with Crippen LogP contribution in [0.15, 0.2) is 10.6 Å². The number of halogens is 4. The number of Topliss-reactive ketones (excluding diaryl/α,β-unsaturated/α-hetero) is 1. The molecule has 3 atom stereocenters. The summed E-state index contributed by atoms with van der Waals surface area (Å²) in [6, 6.07) is 0. The normalized spacial score (nSPS) is 25.7. The first-order valence-corrected chi connectivity index (χ1v) is 9.66. The van der Waals surface area contributed by atoms with Crippen molar-refractivity contribution in [3.63, 3.8) is 0 Å². The largest absolute Gasteiger partial charge is 0.490 e. The molecule has 0 amide bonds. The van der Waals surface area contributed by atoms with Crippen molar-refractivity contribution in [3.05, 3.63) is 10.6 Å². The summed E-state index contributed by atoms with van der Waals surface area (Å²) in [5, 5.41) is -0.0209. The van der Waals surface area contributed by atoms with Crippen LogP contribution in [0.25, 0.3) is 0 Å². The first-order chi connectivity index (χ1) is 13.4. The molecule has 0 aromatic heterocycles. The van der Waals surface area contributed by atoms with Crippen molar-refractivity contribution in [2.24, 2.45) is 11.3 Å². The lowest BCUT2D eigenvalue weighted by Crippen LogP contribution is -2.45. The van der Waals surface area contributed by atoms with Gasteiger partial charge in [-0.15, -0.1) is 0 Å². The summed E-state index contributed by atoms with van der Waals surface area (Å²) in [7, 11) is 1.11. The summed E-state index contributed by atoms with van der Waals surface area (Å²) in [4.78, 5) is 36.8. The van der Waals surface area contributed by atoms with E-state index in [0.717, 1.165) is 20.0 Å². The second-order valence-corrected chi connectivity index (χ2v) is 8.36. The topological polar surface area (TPSA) is 78.9 Å². The van der Waals surface area contributed by atoms with E-state index in [-0.39, 0.29) is 36.0 Å². The molecule has 1 aliphatic carbocycles. The number of hydrogen-bond acceptors (Lipinski definition) is 6. The lowest BCUT2D eigenvalue weighted by atomic mass is 9.67. The number of ether oxygens (including phenoxy) is 3. The zero-order valence-corrected chi connectivity index (χ0v) is 17.2. The van der Waals surface area contributed by atoms with E-state index in [4.69, 9.17) is 21.1 Å². The molecule has 0 bridgehead atoms. The molecule has 6 nitrogen and oxygen atoms in total. The molecule has 0 spiro atoms. The van der Waals surface area contributed by atoms with Crippen LogP contribution in [0.2, 0.25) is 0 Å². The number of carbonyl (C=O) groups excluding carboxylic acids is 3. The van der Waals surface area contributed by atoms with Gasteiger partial charge >= 0.3 is 18.1 Å². The van der Waals surface area contributed by atoms with Gasteiger partial charge in [0.1, 0.15) is 12.0 Å². The molecular weight excluding hydrogens is 417 g/mol. The smallest absolute Gasteiger partial charge is 0.468 e. The van der Waals surface area contributed by atoms with Gasteiger partial charge in [-0.3, -0.25) is 9.59 Å². The monoisotopic (exact) mass is 440 g/mol. The molecule has 2 aliphatic rings. The van der Waals surface area contributed by atoms with Crippen LogP contribution < -0.4 is 0 Å². The molecule has 29 heavy (non-hydrogen) atoms. The number of alkyl halides is 3. The fraction of sp³-hybridized carbons (Fsp3) is 0.737. The minimum atomic E-state index is -5.23. The molecule has 0 aromatic rings. The summed E-state index contributed by atoms with van der Waals surface area (Å²) in [5.74, 6) is -5.29. The van der Waals surface area contributed by atoms with Gasteiger partial charge in [-0.1, -0.05) is 25.4 Å². The number of hydrogen-bond donors (Lipinski definition) is 0. The Hall–Kier alpha value is -1.61. The number of ketones is 1. The quantitative estimate of drug-likeness (QED) is 0.463. The predicted octanol–water partition coefficient (Wildman–Crippen LogP) is 3.70. The van der Waals surface area contributed by atoms with Gasteiger partial charge in [-0.2, -0.15) is 13.2 Å². The summed E-state index contributed by atoms with van der Waals surface area (Å²) in [5.41, 5.74) is -1.19. The van der Waals surface area contributed by atoms with Crippen LogP contribution in [0.3, 0.4) is 0 Å². The van der Waals surface area contributed by atoms with Crippen molar-refractivity contribution in [2.45, 2.75) is 64.3 Å². The van der Waals surface area contributed by atoms with Gasteiger partial charge in [0.15, 0.2) is 5.78 Å². The van der Waals surface area contributed by atoms with Gasteiger partial charge in [0, 0.05) is 11.6 Å². The molecule has 1 heterocycles. The summed E-state index contributed by atoms with van der Waals surface area (Å²) in [6.07, 6.45) is -5.17. The lowest BCUT2D eigenvalue weighted by molar-refractivity contribution is -0.203. The second-order valence-electron chi connectivity index (χ2n) is 7.91. The van der Waals surface area contributed by atoms with Crippen molar-refractivity contribution in [2.75, 3.05) is 13.7 Å². The molecule has 2 rings (SSSR count). The van der Waals surface area contributed by atoms with Crippen molar-refractivity contribution < 1.29 is 41.8 Å². The highest BCUT2D eigenvalue weighted by molar-refractivity contribution is 6.33. The Morgan fingerprint density at radius 2 is 2.00 bits per heavy atom. The highest BCUT2D eigenvalue weighted by Gasteiger charge is 2.51. The van der Waals surface area contributed by atoms with Crippen molar-refractivity contribution >= 4 is 29.3 Å². The Morgan fingerprint density at radius 3 is 2.52 bits per heavy atom. The maximum absolute atomic E-state index is 13.1. The maximum Gasteiger partial charge on any atom is 0.490 e. The first kappa shape index (κ1) is 23.7. The molecule has 0 radical (unpaired) electrons. The van der Waals surface area contributed by atoms with Crippen LogP contribution in [0, 0.1) is 11.3 Å². The van der Waals surface area contributed by atoms with Crippen LogP contribution in [0.1, 0.15) is 46.0 Å². The van der Waals surface area contributed by atoms with E-state index in [9.17, 15) is 27.6 Å². The van der Waals surface area contributed by atoms with Gasteiger partial charge in [-0.05, 0) is 37.5 Å². The van der Waals surface area contributed by atoms with E-state index >= 15 is 0 Å². The van der Waals surface area contributed by atoms with Crippen molar-refractivity contribution in [1.29, 1.82) is 0 Å². The molecule has 0 N–H and O–H groups in total. The number of esters is 2. The van der Waals surface area contributed by atoms with Gasteiger partial charge in [0.05, 0.1) is 18.8 Å². The maximum atomic E-state index is 13.1. The van der Waals surface area contributed by atoms with E-state index in [0.29, 0.717) is 6.61 Å². The van der Waals surface area contributed by atoms with Gasteiger partial charge in [-0.25, -0.2) is 4.79 Å². The van der Waals surface area contributed by atoms with E-state index in [1.54, 1.807) is 13.8 Å².